The molecule has 0 aliphatic carbocycles. The fourth-order valence-corrected chi connectivity index (χ4v) is 4.56. The molecular weight excluding hydrogens is 458 g/mol. The van der Waals surface area contributed by atoms with Gasteiger partial charge in [-0.15, -0.1) is 0 Å². The Kier molecular flexibility index (Phi) is 10.6. The van der Waals surface area contributed by atoms with Gasteiger partial charge in [0, 0.05) is 19.6 Å². The van der Waals surface area contributed by atoms with Gasteiger partial charge in [-0.05, 0) is 53.5 Å². The number of aliphatic hydroxyl groups is 3. The summed E-state index contributed by atoms with van der Waals surface area (Å²) in [5.41, 5.74) is 8.89. The average molecular weight is 494 g/mol. The van der Waals surface area contributed by atoms with Crippen LogP contribution in [0.1, 0.15) is 64.4 Å². The van der Waals surface area contributed by atoms with Gasteiger partial charge in [0.2, 0.25) is 0 Å². The highest BCUT2D eigenvalue weighted by atomic mass is 16.5. The van der Waals surface area contributed by atoms with Crippen LogP contribution in [0.25, 0.3) is 0 Å². The number of rotatable bonds is 8. The number of aliphatic hydroxyl groups excluding tert-OH is 2. The largest absolute Gasteiger partial charge is 0.478 e. The van der Waals surface area contributed by atoms with E-state index in [1.165, 1.54) is 0 Å². The first-order valence-electron chi connectivity index (χ1n) is 12.2. The normalized spacial score (nSPS) is 16.5. The molecule has 1 heterocycles. The number of carboxylic acids is 1. The Morgan fingerprint density at radius 2 is 1.39 bits per heavy atom. The number of carboxylic acid groups (broad SMARTS) is 1. The van der Waals surface area contributed by atoms with Crippen molar-refractivity contribution in [3.8, 4) is 0 Å². The lowest BCUT2D eigenvalue weighted by atomic mass is 9.79. The van der Waals surface area contributed by atoms with E-state index in [-0.39, 0.29) is 29.9 Å². The van der Waals surface area contributed by atoms with Gasteiger partial charge in [-0.1, -0.05) is 72.8 Å². The molecule has 4 rings (SSSR count). The molecule has 0 spiro atoms. The van der Waals surface area contributed by atoms with Gasteiger partial charge in [-0.2, -0.15) is 0 Å². The van der Waals surface area contributed by atoms with Crippen molar-refractivity contribution in [1.29, 1.82) is 0 Å². The number of hydrogen-bond acceptors (Lipinski definition) is 6. The molecule has 0 amide bonds. The highest BCUT2D eigenvalue weighted by Crippen LogP contribution is 2.35. The summed E-state index contributed by atoms with van der Waals surface area (Å²) in [5, 5.41) is 37.8. The summed E-state index contributed by atoms with van der Waals surface area (Å²) >= 11 is 0. The standard InChI is InChI=1S/C15H20O5.C14H15NO/c16-14(17)9-13(10-4-6-20-7-5-10)11-2-1-3-12(8-11)15(18)19;15-13(11-7-3-1-4-8-11)14(16)12-9-5-2-6-10-12/h1-3,8,10,13-14,16-17H,4-7,9H2,(H,18,19);1-10,13-14,16H,15H2/t;13-,14+/m.0/s1. The molecule has 7 heteroatoms. The van der Waals surface area contributed by atoms with Gasteiger partial charge in [0.1, 0.15) is 0 Å². The van der Waals surface area contributed by atoms with Crippen molar-refractivity contribution in [3.63, 3.8) is 0 Å². The first-order valence-corrected chi connectivity index (χ1v) is 12.2. The smallest absolute Gasteiger partial charge is 0.335 e. The molecule has 0 saturated carbocycles. The van der Waals surface area contributed by atoms with E-state index in [1.54, 1.807) is 18.2 Å². The fraction of sp³-hybridized carbons (Fsp3) is 0.345. The van der Waals surface area contributed by atoms with Crippen LogP contribution in [0, 0.1) is 5.92 Å². The molecule has 3 aromatic rings. The van der Waals surface area contributed by atoms with Crippen LogP contribution in [0.4, 0.5) is 0 Å². The summed E-state index contributed by atoms with van der Waals surface area (Å²) in [6, 6.07) is 25.5. The number of carbonyl (C=O) groups is 1. The maximum Gasteiger partial charge on any atom is 0.335 e. The van der Waals surface area contributed by atoms with E-state index in [0.717, 1.165) is 29.5 Å². The van der Waals surface area contributed by atoms with Crippen molar-refractivity contribution >= 4 is 5.97 Å². The fourth-order valence-electron chi connectivity index (χ4n) is 4.56. The minimum absolute atomic E-state index is 0.0572. The van der Waals surface area contributed by atoms with E-state index in [4.69, 9.17) is 15.6 Å². The molecule has 1 unspecified atom stereocenters. The summed E-state index contributed by atoms with van der Waals surface area (Å²) < 4.78 is 5.33. The third-order valence-electron chi connectivity index (χ3n) is 6.53. The summed E-state index contributed by atoms with van der Waals surface area (Å²) in [4.78, 5) is 11.1. The maximum atomic E-state index is 11.1. The minimum Gasteiger partial charge on any atom is -0.478 e. The van der Waals surface area contributed by atoms with Crippen molar-refractivity contribution in [2.24, 2.45) is 11.7 Å². The zero-order valence-corrected chi connectivity index (χ0v) is 20.2. The van der Waals surface area contributed by atoms with Crippen molar-refractivity contribution in [2.45, 2.75) is 43.6 Å². The molecule has 1 saturated heterocycles. The Labute approximate surface area is 211 Å². The van der Waals surface area contributed by atoms with Gasteiger partial charge in [0.25, 0.3) is 0 Å². The van der Waals surface area contributed by atoms with Crippen molar-refractivity contribution in [3.05, 3.63) is 107 Å². The molecule has 36 heavy (non-hydrogen) atoms. The van der Waals surface area contributed by atoms with Gasteiger partial charge in [0.15, 0.2) is 6.29 Å². The molecule has 7 nitrogen and oxygen atoms in total. The SMILES string of the molecule is N[C@@H](c1ccccc1)[C@H](O)c1ccccc1.O=C(O)c1cccc(C(CC(O)O)C2CCOCC2)c1. The van der Waals surface area contributed by atoms with E-state index in [9.17, 15) is 20.1 Å². The van der Waals surface area contributed by atoms with Crippen LogP contribution >= 0.6 is 0 Å². The Hall–Kier alpha value is -3.07. The van der Waals surface area contributed by atoms with E-state index in [1.807, 2.05) is 66.7 Å². The Balaban J connectivity index is 0.000000205. The number of benzene rings is 3. The van der Waals surface area contributed by atoms with E-state index in [2.05, 4.69) is 0 Å². The second kappa shape index (κ2) is 13.9. The van der Waals surface area contributed by atoms with Gasteiger partial charge in [-0.25, -0.2) is 4.79 Å². The van der Waals surface area contributed by atoms with Crippen molar-refractivity contribution in [1.82, 2.24) is 0 Å². The Bertz CT molecular complexity index is 1010. The molecule has 1 fully saturated rings. The quantitative estimate of drug-likeness (QED) is 0.299. The van der Waals surface area contributed by atoms with Crippen LogP contribution in [0.2, 0.25) is 0 Å². The highest BCUT2D eigenvalue weighted by Gasteiger charge is 2.27. The van der Waals surface area contributed by atoms with Crippen LogP contribution in [0.15, 0.2) is 84.9 Å². The monoisotopic (exact) mass is 493 g/mol. The molecule has 3 aromatic carbocycles. The van der Waals surface area contributed by atoms with Gasteiger partial charge < -0.3 is 30.9 Å². The number of nitrogens with two attached hydrogens (primary N) is 1. The molecule has 3 atom stereocenters. The van der Waals surface area contributed by atoms with Gasteiger partial charge in [0.05, 0.1) is 17.7 Å². The summed E-state index contributed by atoms with van der Waals surface area (Å²) in [6.07, 6.45) is -0.128. The molecule has 1 aliphatic heterocycles. The summed E-state index contributed by atoms with van der Waals surface area (Å²) in [7, 11) is 0. The topological polar surface area (TPSA) is 133 Å². The molecule has 192 valence electrons. The summed E-state index contributed by atoms with van der Waals surface area (Å²) in [5.74, 6) is -0.741. The highest BCUT2D eigenvalue weighted by molar-refractivity contribution is 5.87. The van der Waals surface area contributed by atoms with Crippen molar-refractivity contribution < 1.29 is 30.0 Å². The van der Waals surface area contributed by atoms with Crippen LogP contribution in [-0.2, 0) is 4.74 Å². The van der Waals surface area contributed by atoms with Gasteiger partial charge in [-0.3, -0.25) is 0 Å². The number of aromatic carboxylic acids is 1. The predicted molar refractivity (Wildman–Crippen MR) is 137 cm³/mol. The van der Waals surface area contributed by atoms with Crippen LogP contribution in [-0.4, -0.2) is 45.9 Å². The first-order chi connectivity index (χ1) is 17.4. The second-order valence-electron chi connectivity index (χ2n) is 9.00. The molecule has 0 radical (unpaired) electrons. The lowest BCUT2D eigenvalue weighted by molar-refractivity contribution is -0.0578. The molecule has 0 aromatic heterocycles. The zero-order chi connectivity index (χ0) is 25.9. The third kappa shape index (κ3) is 7.98. The number of hydrogen-bond donors (Lipinski definition) is 5. The van der Waals surface area contributed by atoms with Crippen LogP contribution in [0.3, 0.4) is 0 Å². The lowest BCUT2D eigenvalue weighted by Gasteiger charge is -2.31. The molecular formula is C29H35NO6. The molecule has 6 N–H and O–H groups in total. The second-order valence-corrected chi connectivity index (χ2v) is 9.00. The number of ether oxygens (including phenoxy) is 1. The molecule has 1 aliphatic rings. The maximum absolute atomic E-state index is 11.1. The van der Waals surface area contributed by atoms with Gasteiger partial charge >= 0.3 is 5.97 Å². The summed E-state index contributed by atoms with van der Waals surface area (Å²) in [6.45, 7) is 1.34. The third-order valence-corrected chi connectivity index (χ3v) is 6.53. The predicted octanol–water partition coefficient (Wildman–Crippen LogP) is 4.02. The van der Waals surface area contributed by atoms with E-state index in [0.29, 0.717) is 13.2 Å². The first kappa shape index (κ1) is 27.5. The van der Waals surface area contributed by atoms with Crippen LogP contribution in [0.5, 0.6) is 0 Å². The lowest BCUT2D eigenvalue weighted by Crippen LogP contribution is -2.25. The minimum atomic E-state index is -1.39. The Morgan fingerprint density at radius 3 is 1.94 bits per heavy atom. The van der Waals surface area contributed by atoms with Crippen LogP contribution < -0.4 is 5.73 Å². The zero-order valence-electron chi connectivity index (χ0n) is 20.2. The van der Waals surface area contributed by atoms with Crippen molar-refractivity contribution in [2.75, 3.05) is 13.2 Å². The molecule has 0 bridgehead atoms. The van der Waals surface area contributed by atoms with E-state index >= 15 is 0 Å². The average Bonchev–Trinajstić information content (AvgIpc) is 2.92. The van der Waals surface area contributed by atoms with E-state index < -0.39 is 18.4 Å². The Morgan fingerprint density at radius 1 is 0.833 bits per heavy atom.